The Kier molecular flexibility index (Phi) is 6.19. The number of hydrogen-bond donors (Lipinski definition) is 3. The molecular formula is C25H24N6O5. The highest BCUT2D eigenvalue weighted by atomic mass is 16.6. The third kappa shape index (κ3) is 4.42. The molecule has 5 rings (SSSR count). The summed E-state index contributed by atoms with van der Waals surface area (Å²) in [5.74, 6) is -1.61. The van der Waals surface area contributed by atoms with Gasteiger partial charge in [0.25, 0.3) is 17.2 Å². The Morgan fingerprint density at radius 2 is 1.81 bits per heavy atom. The Balaban J connectivity index is 1.61. The van der Waals surface area contributed by atoms with Crippen LogP contribution in [0.2, 0.25) is 0 Å². The van der Waals surface area contributed by atoms with Gasteiger partial charge >= 0.3 is 0 Å². The predicted octanol–water partition coefficient (Wildman–Crippen LogP) is 2.55. The minimum absolute atomic E-state index is 0.0889. The van der Waals surface area contributed by atoms with Crippen molar-refractivity contribution in [1.82, 2.24) is 15.3 Å². The summed E-state index contributed by atoms with van der Waals surface area (Å²) in [5.41, 5.74) is 0.144. The van der Waals surface area contributed by atoms with Crippen molar-refractivity contribution in [3.05, 3.63) is 91.8 Å². The van der Waals surface area contributed by atoms with Crippen LogP contribution < -0.4 is 21.1 Å². The second-order valence-corrected chi connectivity index (χ2v) is 8.84. The van der Waals surface area contributed by atoms with Crippen LogP contribution in [0.3, 0.4) is 0 Å². The Hall–Kier alpha value is -4.54. The summed E-state index contributed by atoms with van der Waals surface area (Å²) >= 11 is 0. The second-order valence-electron chi connectivity index (χ2n) is 8.84. The quantitative estimate of drug-likeness (QED) is 0.369. The van der Waals surface area contributed by atoms with Crippen LogP contribution in [-0.2, 0) is 4.79 Å². The Bertz CT molecular complexity index is 1380. The molecule has 3 N–H and O–H groups in total. The molecule has 2 aliphatic rings. The van der Waals surface area contributed by atoms with Crippen LogP contribution >= 0.6 is 0 Å². The highest BCUT2D eigenvalue weighted by Crippen LogP contribution is 2.36. The van der Waals surface area contributed by atoms with E-state index >= 15 is 0 Å². The number of fused-ring (bicyclic) bond motifs is 1. The first-order valence-corrected chi connectivity index (χ1v) is 11.7. The van der Waals surface area contributed by atoms with E-state index in [1.165, 1.54) is 18.2 Å². The number of non-ortho nitro benzene ring substituents is 1. The van der Waals surface area contributed by atoms with Gasteiger partial charge in [-0.15, -0.1) is 0 Å². The summed E-state index contributed by atoms with van der Waals surface area (Å²) in [5, 5.41) is 16.8. The highest BCUT2D eigenvalue weighted by Gasteiger charge is 2.41. The fourth-order valence-corrected chi connectivity index (χ4v) is 4.78. The topological polar surface area (TPSA) is 150 Å². The van der Waals surface area contributed by atoms with Crippen molar-refractivity contribution < 1.29 is 14.5 Å². The molecule has 0 unspecified atom stereocenters. The average Bonchev–Trinajstić information content (AvgIpc) is 2.90. The molecule has 2 atom stereocenters. The molecule has 1 fully saturated rings. The molecule has 3 heterocycles. The molecule has 1 aromatic heterocycles. The van der Waals surface area contributed by atoms with Crippen LogP contribution in [0.4, 0.5) is 17.5 Å². The largest absolute Gasteiger partial charge is 0.342 e. The molecule has 36 heavy (non-hydrogen) atoms. The number of benzene rings is 2. The van der Waals surface area contributed by atoms with Crippen LogP contribution in [0.25, 0.3) is 0 Å². The first-order chi connectivity index (χ1) is 17.4. The van der Waals surface area contributed by atoms with Crippen LogP contribution in [0.15, 0.2) is 59.4 Å². The number of aromatic nitrogens is 2. The summed E-state index contributed by atoms with van der Waals surface area (Å²) in [6, 6.07) is 12.9. The molecule has 11 heteroatoms. The lowest BCUT2D eigenvalue weighted by Crippen LogP contribution is -2.52. The maximum atomic E-state index is 13.4. The number of nitro benzene ring substituents is 1. The number of nitro groups is 1. The van der Waals surface area contributed by atoms with Crippen molar-refractivity contribution in [3.63, 3.8) is 0 Å². The van der Waals surface area contributed by atoms with E-state index in [9.17, 15) is 24.5 Å². The number of nitrogens with one attached hydrogen (secondary N) is 3. The number of rotatable bonds is 5. The summed E-state index contributed by atoms with van der Waals surface area (Å²) in [4.78, 5) is 59.9. The number of carbonyl (C=O) groups is 2. The van der Waals surface area contributed by atoms with Crippen molar-refractivity contribution in [2.75, 3.05) is 23.3 Å². The summed E-state index contributed by atoms with van der Waals surface area (Å²) in [7, 11) is 0. The number of nitrogens with zero attached hydrogens (tertiary/aromatic N) is 3. The van der Waals surface area contributed by atoms with E-state index in [0.717, 1.165) is 32.4 Å². The molecule has 3 aromatic rings. The zero-order chi connectivity index (χ0) is 25.2. The summed E-state index contributed by atoms with van der Waals surface area (Å²) in [6.45, 7) is 1.47. The van der Waals surface area contributed by atoms with E-state index in [0.29, 0.717) is 17.1 Å². The molecular weight excluding hydrogens is 464 g/mol. The minimum Gasteiger partial charge on any atom is -0.342 e. The van der Waals surface area contributed by atoms with Gasteiger partial charge in [-0.05, 0) is 37.0 Å². The van der Waals surface area contributed by atoms with Gasteiger partial charge in [-0.3, -0.25) is 29.5 Å². The molecule has 0 spiro atoms. The molecule has 2 aliphatic heterocycles. The Morgan fingerprint density at radius 3 is 2.53 bits per heavy atom. The molecule has 11 nitrogen and oxygen atoms in total. The van der Waals surface area contributed by atoms with Gasteiger partial charge in [-0.1, -0.05) is 30.3 Å². The van der Waals surface area contributed by atoms with E-state index in [1.807, 2.05) is 4.90 Å². The van der Waals surface area contributed by atoms with Crippen LogP contribution in [0.1, 0.15) is 46.7 Å². The van der Waals surface area contributed by atoms with Crippen molar-refractivity contribution in [3.8, 4) is 0 Å². The maximum absolute atomic E-state index is 13.4. The molecule has 0 radical (unpaired) electrons. The molecule has 1 saturated heterocycles. The van der Waals surface area contributed by atoms with Crippen molar-refractivity contribution >= 4 is 29.3 Å². The van der Waals surface area contributed by atoms with E-state index in [-0.39, 0.29) is 17.1 Å². The molecule has 0 bridgehead atoms. The van der Waals surface area contributed by atoms with Gasteiger partial charge in [-0.25, -0.2) is 0 Å². The van der Waals surface area contributed by atoms with Gasteiger partial charge < -0.3 is 15.5 Å². The van der Waals surface area contributed by atoms with Gasteiger partial charge in [-0.2, -0.15) is 4.98 Å². The second kappa shape index (κ2) is 9.61. The van der Waals surface area contributed by atoms with Gasteiger partial charge in [0.1, 0.15) is 11.9 Å². The number of H-pyrrole nitrogens is 1. The maximum Gasteiger partial charge on any atom is 0.269 e. The zero-order valence-electron chi connectivity index (χ0n) is 19.3. The number of amides is 2. The first-order valence-electron chi connectivity index (χ1n) is 11.7. The third-order valence-corrected chi connectivity index (χ3v) is 6.53. The fraction of sp³-hybridized carbons (Fsp3) is 0.280. The number of aromatic amines is 1. The van der Waals surface area contributed by atoms with Crippen molar-refractivity contribution in [2.24, 2.45) is 0 Å². The van der Waals surface area contributed by atoms with Gasteiger partial charge in [0.2, 0.25) is 11.9 Å². The lowest BCUT2D eigenvalue weighted by molar-refractivity contribution is -0.384. The van der Waals surface area contributed by atoms with Crippen LogP contribution in [0.5, 0.6) is 0 Å². The molecule has 184 valence electrons. The normalized spacial score (nSPS) is 19.2. The van der Waals surface area contributed by atoms with E-state index in [4.69, 9.17) is 0 Å². The van der Waals surface area contributed by atoms with Crippen LogP contribution in [-0.4, -0.2) is 45.8 Å². The van der Waals surface area contributed by atoms with Gasteiger partial charge in [0.05, 0.1) is 10.5 Å². The van der Waals surface area contributed by atoms with E-state index < -0.39 is 34.3 Å². The van der Waals surface area contributed by atoms with Gasteiger partial charge in [0, 0.05) is 36.7 Å². The van der Waals surface area contributed by atoms with Crippen molar-refractivity contribution in [2.45, 2.75) is 31.2 Å². The van der Waals surface area contributed by atoms with E-state index in [1.54, 1.807) is 36.4 Å². The SMILES string of the molecule is O=C(N[C@H]1C(=O)Nc2nc(N3CCCCC3)[nH]c(=O)c2[C@@H]1c1cccc([N+](=O)[O-])c1)c1ccccc1. The molecule has 0 saturated carbocycles. The van der Waals surface area contributed by atoms with Crippen molar-refractivity contribution in [1.29, 1.82) is 0 Å². The third-order valence-electron chi connectivity index (χ3n) is 6.53. The lowest BCUT2D eigenvalue weighted by Gasteiger charge is -2.34. The molecule has 2 amide bonds. The standard InChI is InChI=1S/C25H24N6O5/c32-22(15-8-3-1-4-9-15)26-20-18(16-10-7-11-17(14-16)31(35)36)19-21(27-24(20)34)28-25(29-23(19)33)30-12-5-2-6-13-30/h1,3-4,7-11,14,18,20H,2,5-6,12-13H2,(H,26,32)(H2,27,28,29,33,34)/t18-,20+/m0/s1. The number of carbonyl (C=O) groups excluding carboxylic acids is 2. The summed E-state index contributed by atoms with van der Waals surface area (Å²) < 4.78 is 0. The predicted molar refractivity (Wildman–Crippen MR) is 132 cm³/mol. The highest BCUT2D eigenvalue weighted by molar-refractivity contribution is 6.03. The molecule has 0 aliphatic carbocycles. The zero-order valence-corrected chi connectivity index (χ0v) is 19.3. The van der Waals surface area contributed by atoms with Crippen LogP contribution in [0, 0.1) is 10.1 Å². The number of hydrogen-bond acceptors (Lipinski definition) is 7. The average molecular weight is 489 g/mol. The van der Waals surface area contributed by atoms with E-state index in [2.05, 4.69) is 20.6 Å². The minimum atomic E-state index is -1.20. The Labute approximate surface area is 205 Å². The first kappa shape index (κ1) is 23.2. The van der Waals surface area contributed by atoms with Gasteiger partial charge in [0.15, 0.2) is 0 Å². The molecule has 2 aromatic carbocycles. The number of piperidine rings is 1. The fourth-order valence-electron chi connectivity index (χ4n) is 4.78. The lowest BCUT2D eigenvalue weighted by atomic mass is 9.82. The monoisotopic (exact) mass is 488 g/mol. The number of anilines is 2. The Morgan fingerprint density at radius 1 is 1.06 bits per heavy atom. The smallest absolute Gasteiger partial charge is 0.269 e. The summed E-state index contributed by atoms with van der Waals surface area (Å²) in [6.07, 6.45) is 3.04.